The molecule has 1 atom stereocenters. The molecule has 2 aromatic rings. The van der Waals surface area contributed by atoms with Crippen LogP contribution in [0.15, 0.2) is 42.5 Å². The van der Waals surface area contributed by atoms with Crippen molar-refractivity contribution in [2.75, 3.05) is 5.32 Å². The van der Waals surface area contributed by atoms with Gasteiger partial charge in [0.05, 0.1) is 0 Å². The van der Waals surface area contributed by atoms with Crippen LogP contribution in [0.3, 0.4) is 0 Å². The maximum Gasteiger partial charge on any atom is 0.439 e. The number of urea groups is 1. The summed E-state index contributed by atoms with van der Waals surface area (Å²) in [5.41, 5.74) is -1.19. The first-order valence-electron chi connectivity index (χ1n) is 7.75. The number of imide groups is 1. The smallest absolute Gasteiger partial charge is 0.430 e. The van der Waals surface area contributed by atoms with Crippen LogP contribution in [0.2, 0.25) is 0 Å². The van der Waals surface area contributed by atoms with Crippen molar-refractivity contribution < 1.29 is 49.4 Å². The topological polar surface area (TPSA) is 67.4 Å². The molecule has 0 aliphatic rings. The first-order chi connectivity index (χ1) is 13.8. The summed E-state index contributed by atoms with van der Waals surface area (Å²) in [5.74, 6) is -4.73. The Morgan fingerprint density at radius 2 is 1.43 bits per heavy atom. The van der Waals surface area contributed by atoms with Crippen LogP contribution in [0, 0.1) is 11.6 Å². The highest BCUT2D eigenvalue weighted by molar-refractivity contribution is 6.08. The molecule has 0 aliphatic carbocycles. The van der Waals surface area contributed by atoms with E-state index < -0.39 is 53.3 Å². The maximum absolute atomic E-state index is 13.5. The van der Waals surface area contributed by atoms with Crippen molar-refractivity contribution in [1.29, 1.82) is 0 Å². The Labute approximate surface area is 162 Å². The molecule has 0 saturated heterocycles. The van der Waals surface area contributed by atoms with E-state index in [0.717, 1.165) is 30.3 Å². The zero-order chi connectivity index (χ0) is 22.7. The molecule has 2 aromatic carbocycles. The van der Waals surface area contributed by atoms with Gasteiger partial charge in [0.1, 0.15) is 22.9 Å². The molecule has 5 nitrogen and oxygen atoms in total. The van der Waals surface area contributed by atoms with Crippen molar-refractivity contribution in [3.05, 3.63) is 59.7 Å². The van der Waals surface area contributed by atoms with Crippen LogP contribution in [0.25, 0.3) is 0 Å². The highest BCUT2D eigenvalue weighted by atomic mass is 19.4. The first-order valence-corrected chi connectivity index (χ1v) is 7.75. The van der Waals surface area contributed by atoms with E-state index in [-0.39, 0.29) is 5.69 Å². The lowest BCUT2D eigenvalue weighted by Gasteiger charge is -2.23. The number of carbonyl (C=O) groups excluding carboxylic acids is 2. The molecule has 0 radical (unpaired) electrons. The van der Waals surface area contributed by atoms with E-state index >= 15 is 0 Å². The number of halogens is 8. The molecule has 0 saturated carbocycles. The van der Waals surface area contributed by atoms with Gasteiger partial charge in [-0.25, -0.2) is 18.0 Å². The van der Waals surface area contributed by atoms with Gasteiger partial charge in [0, 0.05) is 5.69 Å². The third-order valence-electron chi connectivity index (χ3n) is 3.37. The van der Waals surface area contributed by atoms with Gasteiger partial charge in [-0.1, -0.05) is 6.07 Å². The predicted molar refractivity (Wildman–Crippen MR) is 85.8 cm³/mol. The molecule has 162 valence electrons. The van der Waals surface area contributed by atoms with Crippen LogP contribution >= 0.6 is 0 Å². The van der Waals surface area contributed by atoms with E-state index in [1.54, 1.807) is 5.32 Å². The number of carbonyl (C=O) groups is 2. The number of anilines is 1. The third kappa shape index (κ3) is 5.58. The number of amides is 3. The van der Waals surface area contributed by atoms with Crippen molar-refractivity contribution in [2.24, 2.45) is 0 Å². The van der Waals surface area contributed by atoms with E-state index in [0.29, 0.717) is 12.1 Å². The molecule has 0 aromatic heterocycles. The normalized spacial score (nSPS) is 12.8. The van der Waals surface area contributed by atoms with Gasteiger partial charge in [0.15, 0.2) is 0 Å². The number of alkyl halides is 6. The Kier molecular flexibility index (Phi) is 6.53. The minimum Gasteiger partial charge on any atom is -0.430 e. The zero-order valence-corrected chi connectivity index (χ0v) is 14.4. The molecule has 0 spiro atoms. The van der Waals surface area contributed by atoms with Gasteiger partial charge >= 0.3 is 18.3 Å². The van der Waals surface area contributed by atoms with E-state index in [9.17, 15) is 44.7 Å². The Hall–Kier alpha value is -3.38. The Morgan fingerprint density at radius 1 is 0.900 bits per heavy atom. The summed E-state index contributed by atoms with van der Waals surface area (Å²) in [6.07, 6.45) is -15.6. The van der Waals surface area contributed by atoms with E-state index in [2.05, 4.69) is 4.74 Å². The third-order valence-corrected chi connectivity index (χ3v) is 3.37. The molecule has 0 bridgehead atoms. The van der Waals surface area contributed by atoms with Crippen LogP contribution in [0.4, 0.5) is 45.6 Å². The van der Waals surface area contributed by atoms with Gasteiger partial charge in [0.25, 0.3) is 12.1 Å². The van der Waals surface area contributed by atoms with Crippen LogP contribution in [-0.4, -0.2) is 30.4 Å². The molecular formula is C17H10F8N2O3. The maximum atomic E-state index is 13.5. The second-order valence-corrected chi connectivity index (χ2v) is 5.60. The predicted octanol–water partition coefficient (Wildman–Crippen LogP) is 4.80. The number of ether oxygens (including phenoxy) is 1. The highest BCUT2D eigenvalue weighted by Crippen LogP contribution is 2.36. The molecule has 0 fully saturated rings. The zero-order valence-electron chi connectivity index (χ0n) is 14.4. The van der Waals surface area contributed by atoms with Gasteiger partial charge < -0.3 is 10.1 Å². The van der Waals surface area contributed by atoms with Crippen LogP contribution in [0.5, 0.6) is 5.75 Å². The first kappa shape index (κ1) is 22.9. The lowest BCUT2D eigenvalue weighted by molar-refractivity contribution is -0.304. The lowest BCUT2D eigenvalue weighted by Crippen LogP contribution is -2.45. The minimum absolute atomic E-state index is 0.169. The van der Waals surface area contributed by atoms with Crippen molar-refractivity contribution in [2.45, 2.75) is 18.5 Å². The molecule has 2 N–H and O–H groups in total. The Morgan fingerprint density at radius 3 is 1.93 bits per heavy atom. The van der Waals surface area contributed by atoms with Gasteiger partial charge in [-0.3, -0.25) is 10.1 Å². The summed E-state index contributed by atoms with van der Waals surface area (Å²) in [6, 6.07) is 4.42. The van der Waals surface area contributed by atoms with E-state index in [1.165, 1.54) is 0 Å². The molecule has 0 heterocycles. The second-order valence-electron chi connectivity index (χ2n) is 5.60. The summed E-state index contributed by atoms with van der Waals surface area (Å²) in [4.78, 5) is 23.5. The fourth-order valence-corrected chi connectivity index (χ4v) is 2.05. The molecule has 30 heavy (non-hydrogen) atoms. The molecular weight excluding hydrogens is 432 g/mol. The van der Waals surface area contributed by atoms with Crippen molar-refractivity contribution >= 4 is 17.6 Å². The number of hydrogen-bond donors (Lipinski definition) is 2. The largest absolute Gasteiger partial charge is 0.439 e. The van der Waals surface area contributed by atoms with Crippen LogP contribution < -0.4 is 15.4 Å². The standard InChI is InChI=1S/C17H10F8N2O3/c18-10-2-1-3-11(19)12(10)13(28)27-15(29)26-8-4-6-9(7-5-8)30-17(24,25)14(20)16(21,22)23/h1-7,14H,(H2,26,27,28,29). The highest BCUT2D eigenvalue weighted by Gasteiger charge is 2.59. The van der Waals surface area contributed by atoms with Crippen molar-refractivity contribution in [3.63, 3.8) is 0 Å². The monoisotopic (exact) mass is 442 g/mol. The van der Waals surface area contributed by atoms with Crippen LogP contribution in [0.1, 0.15) is 10.4 Å². The molecule has 1 unspecified atom stereocenters. The molecule has 3 amide bonds. The summed E-state index contributed by atoms with van der Waals surface area (Å²) in [7, 11) is 0. The summed E-state index contributed by atoms with van der Waals surface area (Å²) in [6.45, 7) is 0. The number of nitrogens with one attached hydrogen (secondary N) is 2. The van der Waals surface area contributed by atoms with Crippen LogP contribution in [-0.2, 0) is 0 Å². The lowest BCUT2D eigenvalue weighted by atomic mass is 10.2. The Balaban J connectivity index is 2.00. The SMILES string of the molecule is O=C(NC(=O)c1c(F)cccc1F)Nc1ccc(OC(F)(F)C(F)C(F)(F)F)cc1. The van der Waals surface area contributed by atoms with Crippen molar-refractivity contribution in [3.8, 4) is 5.75 Å². The summed E-state index contributed by atoms with van der Waals surface area (Å²) in [5, 5.41) is 3.62. The van der Waals surface area contributed by atoms with Gasteiger partial charge in [-0.05, 0) is 36.4 Å². The molecule has 13 heteroatoms. The summed E-state index contributed by atoms with van der Waals surface area (Å²) >= 11 is 0. The number of rotatable bonds is 5. The number of benzene rings is 2. The quantitative estimate of drug-likeness (QED) is 0.654. The van der Waals surface area contributed by atoms with E-state index in [1.807, 2.05) is 5.32 Å². The second kappa shape index (κ2) is 8.55. The summed E-state index contributed by atoms with van der Waals surface area (Å²) < 4.78 is 106. The average molecular weight is 442 g/mol. The van der Waals surface area contributed by atoms with E-state index in [4.69, 9.17) is 0 Å². The molecule has 2 rings (SSSR count). The van der Waals surface area contributed by atoms with Gasteiger partial charge in [-0.2, -0.15) is 22.0 Å². The van der Waals surface area contributed by atoms with Gasteiger partial charge in [0.2, 0.25) is 0 Å². The molecule has 0 aliphatic heterocycles. The van der Waals surface area contributed by atoms with Gasteiger partial charge in [-0.15, -0.1) is 0 Å². The average Bonchev–Trinajstić information content (AvgIpc) is 2.61. The Bertz CT molecular complexity index is 911. The fraction of sp³-hybridized carbons (Fsp3) is 0.176. The minimum atomic E-state index is -5.85. The fourth-order valence-electron chi connectivity index (χ4n) is 2.05. The number of hydrogen-bond acceptors (Lipinski definition) is 3. The van der Waals surface area contributed by atoms with Crippen molar-refractivity contribution in [1.82, 2.24) is 5.32 Å².